The van der Waals surface area contributed by atoms with Crippen LogP contribution in [0.4, 0.5) is 0 Å². The van der Waals surface area contributed by atoms with E-state index in [9.17, 15) is 4.79 Å². The Morgan fingerprint density at radius 3 is 2.87 bits per heavy atom. The summed E-state index contributed by atoms with van der Waals surface area (Å²) in [6.07, 6.45) is 7.02. The van der Waals surface area contributed by atoms with Crippen molar-refractivity contribution in [1.29, 1.82) is 0 Å². The molecule has 1 atom stereocenters. The molecule has 3 nitrogen and oxygen atoms in total. The normalized spacial score (nSPS) is 17.9. The van der Waals surface area contributed by atoms with E-state index < -0.39 is 0 Å². The van der Waals surface area contributed by atoms with Gasteiger partial charge in [0.2, 0.25) is 5.91 Å². The summed E-state index contributed by atoms with van der Waals surface area (Å²) in [6, 6.07) is 0.449. The van der Waals surface area contributed by atoms with Gasteiger partial charge < -0.3 is 10.6 Å². The van der Waals surface area contributed by atoms with E-state index in [0.717, 1.165) is 5.92 Å². The second kappa shape index (κ2) is 6.62. The fraction of sp³-hybridized carbons (Fsp3) is 0.750. The van der Waals surface area contributed by atoms with Crippen molar-refractivity contribution in [2.75, 3.05) is 13.1 Å². The van der Waals surface area contributed by atoms with E-state index in [2.05, 4.69) is 24.1 Å². The zero-order valence-electron chi connectivity index (χ0n) is 9.59. The molecular formula is C12H22N2O. The van der Waals surface area contributed by atoms with Gasteiger partial charge >= 0.3 is 0 Å². The highest BCUT2D eigenvalue weighted by Crippen LogP contribution is 2.30. The summed E-state index contributed by atoms with van der Waals surface area (Å²) in [4.78, 5) is 11.3. The molecule has 0 heterocycles. The molecule has 1 rings (SSSR count). The molecule has 0 spiro atoms. The third-order valence-corrected chi connectivity index (χ3v) is 2.97. The first-order chi connectivity index (χ1) is 7.22. The standard InChI is InChI=1S/C12H22N2O/c1-3-7-13-12(15)9-14-10(2)8-11-5-4-6-11/h3,10-11,14H,1,4-9H2,2H3,(H,13,15). The SMILES string of the molecule is C=CCNC(=O)CNC(C)CC1CCC1. The van der Waals surface area contributed by atoms with Crippen molar-refractivity contribution in [1.82, 2.24) is 10.6 Å². The molecule has 0 aromatic rings. The highest BCUT2D eigenvalue weighted by Gasteiger charge is 2.19. The fourth-order valence-corrected chi connectivity index (χ4v) is 1.83. The molecule has 0 saturated heterocycles. The molecule has 2 N–H and O–H groups in total. The summed E-state index contributed by atoms with van der Waals surface area (Å²) in [5.41, 5.74) is 0. The molecule has 0 aliphatic heterocycles. The van der Waals surface area contributed by atoms with Crippen LogP contribution >= 0.6 is 0 Å². The van der Waals surface area contributed by atoms with Crippen LogP contribution < -0.4 is 10.6 Å². The molecule has 0 radical (unpaired) electrons. The maximum atomic E-state index is 11.3. The molecule has 15 heavy (non-hydrogen) atoms. The van der Waals surface area contributed by atoms with Crippen molar-refractivity contribution < 1.29 is 4.79 Å². The van der Waals surface area contributed by atoms with Gasteiger partial charge in [0.1, 0.15) is 0 Å². The minimum absolute atomic E-state index is 0.0513. The van der Waals surface area contributed by atoms with E-state index in [1.165, 1.54) is 25.7 Å². The third kappa shape index (κ3) is 4.98. The van der Waals surface area contributed by atoms with Crippen LogP contribution in [0.3, 0.4) is 0 Å². The lowest BCUT2D eigenvalue weighted by Gasteiger charge is -2.28. The van der Waals surface area contributed by atoms with Crippen LogP contribution in [0.2, 0.25) is 0 Å². The second-order valence-corrected chi connectivity index (χ2v) is 4.41. The van der Waals surface area contributed by atoms with Gasteiger partial charge in [-0.25, -0.2) is 0 Å². The van der Waals surface area contributed by atoms with Gasteiger partial charge in [-0.1, -0.05) is 25.3 Å². The number of carbonyl (C=O) groups excluding carboxylic acids is 1. The van der Waals surface area contributed by atoms with Gasteiger partial charge in [0, 0.05) is 12.6 Å². The van der Waals surface area contributed by atoms with Crippen molar-refractivity contribution in [3.63, 3.8) is 0 Å². The van der Waals surface area contributed by atoms with Crippen LogP contribution in [0.25, 0.3) is 0 Å². The molecule has 1 fully saturated rings. The van der Waals surface area contributed by atoms with Gasteiger partial charge in [-0.05, 0) is 19.3 Å². The summed E-state index contributed by atoms with van der Waals surface area (Å²) in [5.74, 6) is 0.944. The van der Waals surface area contributed by atoms with Gasteiger partial charge in [-0.2, -0.15) is 0 Å². The van der Waals surface area contributed by atoms with E-state index in [-0.39, 0.29) is 5.91 Å². The molecule has 1 aliphatic carbocycles. The van der Waals surface area contributed by atoms with Crippen LogP contribution in [0.5, 0.6) is 0 Å². The molecule has 1 aliphatic rings. The number of amides is 1. The highest BCUT2D eigenvalue weighted by atomic mass is 16.1. The van der Waals surface area contributed by atoms with Crippen LogP contribution in [0.1, 0.15) is 32.6 Å². The molecule has 1 saturated carbocycles. The predicted molar refractivity (Wildman–Crippen MR) is 62.6 cm³/mol. The first-order valence-corrected chi connectivity index (χ1v) is 5.83. The quantitative estimate of drug-likeness (QED) is 0.625. The minimum atomic E-state index is 0.0513. The molecule has 86 valence electrons. The Labute approximate surface area is 92.3 Å². The Bertz CT molecular complexity index is 212. The number of carbonyl (C=O) groups is 1. The molecule has 0 bridgehead atoms. The third-order valence-electron chi connectivity index (χ3n) is 2.97. The van der Waals surface area contributed by atoms with Crippen LogP contribution in [-0.4, -0.2) is 25.0 Å². The topological polar surface area (TPSA) is 41.1 Å². The molecule has 0 aromatic heterocycles. The maximum absolute atomic E-state index is 11.3. The number of hydrogen-bond donors (Lipinski definition) is 2. The first kappa shape index (κ1) is 12.2. The first-order valence-electron chi connectivity index (χ1n) is 5.83. The van der Waals surface area contributed by atoms with Crippen molar-refractivity contribution >= 4 is 5.91 Å². The van der Waals surface area contributed by atoms with Crippen molar-refractivity contribution in [3.05, 3.63) is 12.7 Å². The monoisotopic (exact) mass is 210 g/mol. The summed E-state index contributed by atoms with van der Waals surface area (Å²) in [5, 5.41) is 5.99. The number of hydrogen-bond acceptors (Lipinski definition) is 2. The zero-order chi connectivity index (χ0) is 11.1. The Morgan fingerprint density at radius 1 is 1.60 bits per heavy atom. The van der Waals surface area contributed by atoms with E-state index in [1.54, 1.807) is 6.08 Å². The molecular weight excluding hydrogens is 188 g/mol. The average molecular weight is 210 g/mol. The molecule has 3 heteroatoms. The molecule has 1 unspecified atom stereocenters. The van der Waals surface area contributed by atoms with E-state index in [1.807, 2.05) is 0 Å². The van der Waals surface area contributed by atoms with Crippen molar-refractivity contribution in [2.45, 2.75) is 38.6 Å². The van der Waals surface area contributed by atoms with Crippen LogP contribution in [0.15, 0.2) is 12.7 Å². The Balaban J connectivity index is 2.01. The summed E-state index contributed by atoms with van der Waals surface area (Å²) >= 11 is 0. The number of rotatable bonds is 7. The van der Waals surface area contributed by atoms with E-state index in [0.29, 0.717) is 19.1 Å². The summed E-state index contributed by atoms with van der Waals surface area (Å²) in [7, 11) is 0. The second-order valence-electron chi connectivity index (χ2n) is 4.41. The Hall–Kier alpha value is -0.830. The Kier molecular flexibility index (Phi) is 5.40. The maximum Gasteiger partial charge on any atom is 0.234 e. The van der Waals surface area contributed by atoms with Gasteiger partial charge in [-0.15, -0.1) is 6.58 Å². The van der Waals surface area contributed by atoms with Crippen molar-refractivity contribution in [3.8, 4) is 0 Å². The van der Waals surface area contributed by atoms with Gasteiger partial charge in [0.05, 0.1) is 6.54 Å². The van der Waals surface area contributed by atoms with Crippen molar-refractivity contribution in [2.24, 2.45) is 5.92 Å². The lowest BCUT2D eigenvalue weighted by atomic mass is 9.81. The lowest BCUT2D eigenvalue weighted by molar-refractivity contribution is -0.120. The Morgan fingerprint density at radius 2 is 2.33 bits per heavy atom. The van der Waals surface area contributed by atoms with Gasteiger partial charge in [0.25, 0.3) is 0 Å². The zero-order valence-corrected chi connectivity index (χ0v) is 9.59. The average Bonchev–Trinajstić information content (AvgIpc) is 2.17. The van der Waals surface area contributed by atoms with E-state index in [4.69, 9.17) is 0 Å². The van der Waals surface area contributed by atoms with Gasteiger partial charge in [0.15, 0.2) is 0 Å². The van der Waals surface area contributed by atoms with Crippen LogP contribution in [-0.2, 0) is 4.79 Å². The minimum Gasteiger partial charge on any atom is -0.352 e. The lowest BCUT2D eigenvalue weighted by Crippen LogP contribution is -2.39. The summed E-state index contributed by atoms with van der Waals surface area (Å²) < 4.78 is 0. The fourth-order valence-electron chi connectivity index (χ4n) is 1.83. The largest absolute Gasteiger partial charge is 0.352 e. The number of nitrogens with one attached hydrogen (secondary N) is 2. The molecule has 0 aromatic carbocycles. The van der Waals surface area contributed by atoms with Crippen LogP contribution in [0, 0.1) is 5.92 Å². The predicted octanol–water partition coefficient (Wildman–Crippen LogP) is 1.46. The van der Waals surface area contributed by atoms with E-state index >= 15 is 0 Å². The highest BCUT2D eigenvalue weighted by molar-refractivity contribution is 5.78. The van der Waals surface area contributed by atoms with Gasteiger partial charge in [-0.3, -0.25) is 4.79 Å². The summed E-state index contributed by atoms with van der Waals surface area (Å²) in [6.45, 7) is 6.67. The molecule has 1 amide bonds. The smallest absolute Gasteiger partial charge is 0.234 e.